The summed E-state index contributed by atoms with van der Waals surface area (Å²) in [7, 11) is 0. The number of rotatable bonds is 10. The van der Waals surface area contributed by atoms with Gasteiger partial charge in [-0.1, -0.05) is 49.2 Å². The summed E-state index contributed by atoms with van der Waals surface area (Å²) in [5.74, 6) is -5.04. The average molecular weight is 453 g/mol. The molecule has 0 bridgehead atoms. The molecule has 0 saturated carbocycles. The lowest BCUT2D eigenvalue weighted by atomic mass is 9.85. The number of amides is 2. The Labute approximate surface area is 194 Å². The minimum absolute atomic E-state index is 0.0817. The fraction of sp³-hybridized carbons (Fsp3) is 0.385. The van der Waals surface area contributed by atoms with Crippen LogP contribution in [0.1, 0.15) is 38.3 Å². The average Bonchev–Trinajstić information content (AvgIpc) is 2.77. The number of carbonyl (C=O) groups is 4. The van der Waals surface area contributed by atoms with Crippen molar-refractivity contribution >= 4 is 34.9 Å². The van der Waals surface area contributed by atoms with Gasteiger partial charge in [-0.25, -0.2) is 0 Å². The van der Waals surface area contributed by atoms with Crippen molar-refractivity contribution in [1.82, 2.24) is 0 Å². The fourth-order valence-electron chi connectivity index (χ4n) is 3.31. The van der Waals surface area contributed by atoms with E-state index in [0.717, 1.165) is 11.1 Å². The van der Waals surface area contributed by atoms with Crippen LogP contribution in [0.5, 0.6) is 0 Å². The molecule has 3 atom stereocenters. The molecule has 0 aromatic heterocycles. The maximum absolute atomic E-state index is 13.1. The molecule has 0 radical (unpaired) electrons. The van der Waals surface area contributed by atoms with Gasteiger partial charge < -0.3 is 15.4 Å². The van der Waals surface area contributed by atoms with Crippen LogP contribution in [0.25, 0.3) is 0 Å². The maximum Gasteiger partial charge on any atom is 0.317 e. The first-order chi connectivity index (χ1) is 15.6. The van der Waals surface area contributed by atoms with Crippen LogP contribution in [0.2, 0.25) is 0 Å². The van der Waals surface area contributed by atoms with Crippen molar-refractivity contribution in [2.45, 2.75) is 41.0 Å². The van der Waals surface area contributed by atoms with Crippen molar-refractivity contribution in [3.05, 3.63) is 59.7 Å². The molecule has 7 nitrogen and oxygen atoms in total. The molecule has 2 amide bonds. The number of hydrogen-bond donors (Lipinski definition) is 2. The molecule has 33 heavy (non-hydrogen) atoms. The van der Waals surface area contributed by atoms with E-state index in [2.05, 4.69) is 10.6 Å². The maximum atomic E-state index is 13.1. The van der Waals surface area contributed by atoms with Crippen molar-refractivity contribution in [3.63, 3.8) is 0 Å². The van der Waals surface area contributed by atoms with Crippen molar-refractivity contribution in [2.75, 3.05) is 17.2 Å². The summed E-state index contributed by atoms with van der Waals surface area (Å²) in [4.78, 5) is 51.0. The van der Waals surface area contributed by atoms with Crippen LogP contribution in [-0.2, 0) is 23.9 Å². The molecule has 2 aromatic rings. The topological polar surface area (TPSA) is 102 Å². The number of nitrogens with one attached hydrogen (secondary N) is 2. The summed E-state index contributed by atoms with van der Waals surface area (Å²) in [5.41, 5.74) is 3.29. The van der Waals surface area contributed by atoms with Crippen LogP contribution >= 0.6 is 0 Å². The minimum Gasteiger partial charge on any atom is -0.465 e. The first-order valence-electron chi connectivity index (χ1n) is 11.1. The summed E-state index contributed by atoms with van der Waals surface area (Å²) in [6.45, 7) is 8.71. The van der Waals surface area contributed by atoms with Crippen LogP contribution < -0.4 is 10.6 Å². The Morgan fingerprint density at radius 1 is 0.788 bits per heavy atom. The van der Waals surface area contributed by atoms with E-state index < -0.39 is 35.4 Å². The van der Waals surface area contributed by atoms with Gasteiger partial charge in [0.25, 0.3) is 0 Å². The van der Waals surface area contributed by atoms with Gasteiger partial charge in [0.15, 0.2) is 0 Å². The molecule has 0 aliphatic heterocycles. The van der Waals surface area contributed by atoms with Gasteiger partial charge in [-0.05, 0) is 45.0 Å². The Bertz CT molecular complexity index is 983. The van der Waals surface area contributed by atoms with E-state index in [1.807, 2.05) is 38.1 Å². The third-order valence-electron chi connectivity index (χ3n) is 5.39. The second-order valence-corrected chi connectivity index (χ2v) is 8.30. The van der Waals surface area contributed by atoms with Crippen molar-refractivity contribution in [3.8, 4) is 0 Å². The first-order valence-corrected chi connectivity index (χ1v) is 11.1. The van der Waals surface area contributed by atoms with E-state index in [9.17, 15) is 19.2 Å². The molecule has 0 aliphatic rings. The summed E-state index contributed by atoms with van der Waals surface area (Å²) < 4.78 is 5.07. The quantitative estimate of drug-likeness (QED) is 0.414. The molecule has 0 heterocycles. The summed E-state index contributed by atoms with van der Waals surface area (Å²) in [5, 5.41) is 5.51. The van der Waals surface area contributed by atoms with E-state index in [1.165, 1.54) is 6.92 Å². The van der Waals surface area contributed by atoms with E-state index in [0.29, 0.717) is 11.4 Å². The molecule has 0 fully saturated rings. The Morgan fingerprint density at radius 2 is 1.24 bits per heavy atom. The van der Waals surface area contributed by atoms with Crippen LogP contribution in [0.3, 0.4) is 0 Å². The van der Waals surface area contributed by atoms with Crippen molar-refractivity contribution in [2.24, 2.45) is 17.8 Å². The second-order valence-electron chi connectivity index (χ2n) is 8.30. The molecule has 0 saturated heterocycles. The highest BCUT2D eigenvalue weighted by Gasteiger charge is 2.38. The molecule has 2 aromatic carbocycles. The number of aryl methyl sites for hydroxylation is 2. The third kappa shape index (κ3) is 7.56. The molecule has 0 spiro atoms. The molecule has 2 N–H and O–H groups in total. The number of carbonyl (C=O) groups excluding carboxylic acids is 4. The van der Waals surface area contributed by atoms with Gasteiger partial charge >= 0.3 is 5.97 Å². The highest BCUT2D eigenvalue weighted by Crippen LogP contribution is 2.22. The Balaban J connectivity index is 2.09. The smallest absolute Gasteiger partial charge is 0.317 e. The van der Waals surface area contributed by atoms with E-state index >= 15 is 0 Å². The first kappa shape index (κ1) is 25.8. The number of hydrogen-bond acceptors (Lipinski definition) is 5. The van der Waals surface area contributed by atoms with E-state index in [4.69, 9.17) is 4.74 Å². The minimum atomic E-state index is -1.30. The molecule has 0 aliphatic carbocycles. The van der Waals surface area contributed by atoms with Gasteiger partial charge in [-0.2, -0.15) is 0 Å². The van der Waals surface area contributed by atoms with Gasteiger partial charge in [0, 0.05) is 23.7 Å². The standard InChI is InChI=1S/C26H32N2O5/c1-6-33-26(32)23(19(5)25(31)28-21-13-9-17(3)10-14-21)22(29)15-18(4)24(30)27-20-11-7-16(2)8-12-20/h7-14,18-19,23H,6,15H2,1-5H3,(H,27,30)(H,28,31). The normalized spacial score (nSPS) is 13.4. The van der Waals surface area contributed by atoms with Crippen LogP contribution in [0.15, 0.2) is 48.5 Å². The number of ether oxygens (including phenoxy) is 1. The molecule has 7 heteroatoms. The number of benzene rings is 2. The lowest BCUT2D eigenvalue weighted by Gasteiger charge is -2.22. The number of ketones is 1. The second kappa shape index (κ2) is 11.9. The zero-order valence-electron chi connectivity index (χ0n) is 19.8. The largest absolute Gasteiger partial charge is 0.465 e. The number of Topliss-reactive ketones (excluding diaryl/α,β-unsaturated/α-hetero) is 1. The SMILES string of the molecule is CCOC(=O)C(C(=O)CC(C)C(=O)Nc1ccc(C)cc1)C(C)C(=O)Nc1ccc(C)cc1. The molecule has 176 valence electrons. The highest BCUT2D eigenvalue weighted by atomic mass is 16.5. The Morgan fingerprint density at radius 3 is 1.70 bits per heavy atom. The Hall–Kier alpha value is -3.48. The van der Waals surface area contributed by atoms with Crippen molar-refractivity contribution in [1.29, 1.82) is 0 Å². The van der Waals surface area contributed by atoms with Gasteiger partial charge in [0.1, 0.15) is 11.7 Å². The number of esters is 1. The molecule has 2 rings (SSSR count). The molecular formula is C26H32N2O5. The van der Waals surface area contributed by atoms with Crippen LogP contribution in [0.4, 0.5) is 11.4 Å². The van der Waals surface area contributed by atoms with E-state index in [1.54, 1.807) is 38.1 Å². The van der Waals surface area contributed by atoms with E-state index in [-0.39, 0.29) is 18.9 Å². The van der Waals surface area contributed by atoms with Crippen LogP contribution in [-0.4, -0.2) is 30.2 Å². The van der Waals surface area contributed by atoms with Crippen LogP contribution in [0, 0.1) is 31.6 Å². The lowest BCUT2D eigenvalue weighted by molar-refractivity contribution is -0.156. The summed E-state index contributed by atoms with van der Waals surface area (Å²) in [6.07, 6.45) is -0.191. The highest BCUT2D eigenvalue weighted by molar-refractivity contribution is 6.07. The van der Waals surface area contributed by atoms with Gasteiger partial charge in [0.05, 0.1) is 12.5 Å². The summed E-state index contributed by atoms with van der Waals surface area (Å²) in [6, 6.07) is 14.5. The predicted molar refractivity (Wildman–Crippen MR) is 128 cm³/mol. The Kier molecular flexibility index (Phi) is 9.33. The molecule has 3 unspecified atom stereocenters. The third-order valence-corrected chi connectivity index (χ3v) is 5.39. The van der Waals surface area contributed by atoms with Gasteiger partial charge in [0.2, 0.25) is 11.8 Å². The zero-order valence-corrected chi connectivity index (χ0v) is 19.8. The lowest BCUT2D eigenvalue weighted by Crippen LogP contribution is -2.39. The van der Waals surface area contributed by atoms with Gasteiger partial charge in [-0.3, -0.25) is 19.2 Å². The fourth-order valence-corrected chi connectivity index (χ4v) is 3.31. The predicted octanol–water partition coefficient (Wildman–Crippen LogP) is 4.29. The number of anilines is 2. The molecular weight excluding hydrogens is 420 g/mol. The zero-order chi connectivity index (χ0) is 24.5. The van der Waals surface area contributed by atoms with Gasteiger partial charge in [-0.15, -0.1) is 0 Å². The monoisotopic (exact) mass is 452 g/mol. The summed E-state index contributed by atoms with van der Waals surface area (Å²) >= 11 is 0. The van der Waals surface area contributed by atoms with Crippen molar-refractivity contribution < 1.29 is 23.9 Å².